The van der Waals surface area contributed by atoms with Crippen molar-refractivity contribution < 1.29 is 14.3 Å². The van der Waals surface area contributed by atoms with Gasteiger partial charge in [0.15, 0.2) is 5.76 Å². The van der Waals surface area contributed by atoms with Crippen molar-refractivity contribution in [3.8, 4) is 0 Å². The highest BCUT2D eigenvalue weighted by Gasteiger charge is 2.07. The second-order valence-electron chi connectivity index (χ2n) is 1.31. The number of nitrogens with zero attached hydrogens (tertiary/aromatic N) is 1. The molecule has 0 rings (SSSR count). The normalized spacial score (nSPS) is 9.90. The van der Waals surface area contributed by atoms with Crippen molar-refractivity contribution in [2.24, 2.45) is 0 Å². The van der Waals surface area contributed by atoms with Gasteiger partial charge in [-0.3, -0.25) is 0 Å². The van der Waals surface area contributed by atoms with Crippen LogP contribution in [0.4, 0.5) is 0 Å². The molecule has 0 aromatic rings. The molecule has 2 N–H and O–H groups in total. The number of hydrogen-bond acceptors (Lipinski definition) is 3. The lowest BCUT2D eigenvalue weighted by atomic mass is 10.5. The van der Waals surface area contributed by atoms with Crippen molar-refractivity contribution in [2.45, 2.75) is 6.92 Å². The van der Waals surface area contributed by atoms with Crippen molar-refractivity contribution in [3.05, 3.63) is 11.8 Å². The summed E-state index contributed by atoms with van der Waals surface area (Å²) in [5.74, 6) is -1.27. The summed E-state index contributed by atoms with van der Waals surface area (Å²) >= 11 is 0. The lowest BCUT2D eigenvalue weighted by Gasteiger charge is -1.91. The Labute approximate surface area is 59.5 Å². The zero-order valence-electron chi connectivity index (χ0n) is 5.37. The van der Waals surface area contributed by atoms with E-state index in [1.165, 1.54) is 6.08 Å². The largest absolute Gasteiger partial charge is 0.771 e. The first kappa shape index (κ1) is 8.74. The summed E-state index contributed by atoms with van der Waals surface area (Å²) in [5, 5.41) is 8.32. The van der Waals surface area contributed by atoms with Crippen LogP contribution in [0, 0.1) is 5.53 Å². The third-order valence-electron chi connectivity index (χ3n) is 0.705. The van der Waals surface area contributed by atoms with Gasteiger partial charge in [0.1, 0.15) is 0 Å². The molecule has 0 radical (unpaired) electrons. The van der Waals surface area contributed by atoms with Crippen molar-refractivity contribution in [1.29, 1.82) is 5.53 Å². The molecule has 6 heteroatoms. The van der Waals surface area contributed by atoms with Crippen molar-refractivity contribution in [2.75, 3.05) is 0 Å². The second-order valence-corrected chi connectivity index (χ2v) is 2.02. The molecule has 0 aliphatic rings. The molecular formula is C4H7N2O3Si+. The fourth-order valence-electron chi connectivity index (χ4n) is 0.325. The molecule has 0 heterocycles. The van der Waals surface area contributed by atoms with Gasteiger partial charge in [0.05, 0.1) is 0 Å². The van der Waals surface area contributed by atoms with E-state index in [0.717, 1.165) is 0 Å². The van der Waals surface area contributed by atoms with Crippen LogP contribution in [-0.2, 0) is 9.22 Å². The van der Waals surface area contributed by atoms with Gasteiger partial charge in [0, 0.05) is 5.53 Å². The number of rotatable bonds is 3. The number of nitrogens with one attached hydrogen (secondary N) is 1. The zero-order valence-corrected chi connectivity index (χ0v) is 6.52. The molecule has 0 amide bonds. The highest BCUT2D eigenvalue weighted by Crippen LogP contribution is 1.92. The van der Waals surface area contributed by atoms with Crippen LogP contribution >= 0.6 is 0 Å². The number of allylic oxidation sites excluding steroid dienone is 1. The molecule has 0 fully saturated rings. The minimum atomic E-state index is -1.13. The number of carboxylic acids is 1. The van der Waals surface area contributed by atoms with Crippen LogP contribution in [0.25, 0.3) is 0 Å². The molecular weight excluding hydrogens is 152 g/mol. The highest BCUT2D eigenvalue weighted by molar-refractivity contribution is 6.12. The maximum Gasteiger partial charge on any atom is 0.771 e. The smallest absolute Gasteiger partial charge is 0.475 e. The van der Waals surface area contributed by atoms with Crippen LogP contribution in [0.5, 0.6) is 0 Å². The summed E-state index contributed by atoms with van der Waals surface area (Å²) < 4.78 is 7.51. The first-order valence-electron chi connectivity index (χ1n) is 2.47. The Balaban J connectivity index is 4.11. The molecule has 0 saturated carbocycles. The van der Waals surface area contributed by atoms with Crippen LogP contribution < -0.4 is 4.43 Å². The molecule has 0 saturated heterocycles. The van der Waals surface area contributed by atoms with Crippen LogP contribution in [-0.4, -0.2) is 20.6 Å². The van der Waals surface area contributed by atoms with Crippen LogP contribution in [0.1, 0.15) is 6.92 Å². The Morgan fingerprint density at radius 1 is 1.90 bits per heavy atom. The van der Waals surface area contributed by atoms with E-state index in [1.807, 2.05) is 0 Å². The van der Waals surface area contributed by atoms with Gasteiger partial charge in [-0.15, -0.1) is 0 Å². The van der Waals surface area contributed by atoms with E-state index in [0.29, 0.717) is 0 Å². The number of hydrogen-bond donors (Lipinski definition) is 2. The van der Waals surface area contributed by atoms with Gasteiger partial charge in [-0.2, -0.15) is 0 Å². The van der Waals surface area contributed by atoms with Gasteiger partial charge in [-0.1, -0.05) is 0 Å². The maximum atomic E-state index is 10.2. The highest BCUT2D eigenvalue weighted by atomic mass is 28.2. The molecule has 0 spiro atoms. The quantitative estimate of drug-likeness (QED) is 0.193. The second kappa shape index (κ2) is 4.60. The molecule has 0 aromatic carbocycles. The van der Waals surface area contributed by atoms with Gasteiger partial charge in [0.25, 0.3) is 0 Å². The first-order valence-corrected chi connectivity index (χ1v) is 3.45. The molecule has 54 valence electrons. The molecule has 0 aliphatic heterocycles. The summed E-state index contributed by atoms with van der Waals surface area (Å²) in [6.07, 6.45) is 1.32. The maximum absolute atomic E-state index is 10.2. The van der Waals surface area contributed by atoms with Gasteiger partial charge < -0.3 is 9.53 Å². The number of carbonyl (C=O) groups is 1. The van der Waals surface area contributed by atoms with Crippen LogP contribution in [0.15, 0.2) is 11.8 Å². The van der Waals surface area contributed by atoms with Crippen molar-refractivity contribution in [1.82, 2.24) is 4.43 Å². The van der Waals surface area contributed by atoms with Crippen molar-refractivity contribution in [3.63, 3.8) is 0 Å². The van der Waals surface area contributed by atoms with E-state index >= 15 is 0 Å². The first-order chi connectivity index (χ1) is 4.72. The standard InChI is InChI=1S/C4H6N2O3Si/c1-2-3(4(7)8)9-10-6-5/h2,5,10H,1H3/p+1. The summed E-state index contributed by atoms with van der Waals surface area (Å²) in [4.78, 5) is 10.2. The van der Waals surface area contributed by atoms with Crippen molar-refractivity contribution >= 4 is 15.5 Å². The van der Waals surface area contributed by atoms with E-state index in [-0.39, 0.29) is 5.76 Å². The average Bonchev–Trinajstić information content (AvgIpc) is 1.89. The van der Waals surface area contributed by atoms with Gasteiger partial charge in [-0.05, 0) is 17.4 Å². The Morgan fingerprint density at radius 2 is 2.50 bits per heavy atom. The minimum absolute atomic E-state index is 0.147. The molecule has 0 atom stereocenters. The van der Waals surface area contributed by atoms with Crippen LogP contribution in [0.3, 0.4) is 0 Å². The fourth-order valence-corrected chi connectivity index (χ4v) is 0.728. The molecule has 10 heavy (non-hydrogen) atoms. The Hall–Kier alpha value is -1.26. The minimum Gasteiger partial charge on any atom is -0.475 e. The van der Waals surface area contributed by atoms with Gasteiger partial charge in [0.2, 0.25) is 0 Å². The monoisotopic (exact) mass is 159 g/mol. The Morgan fingerprint density at radius 3 is 2.80 bits per heavy atom. The Kier molecular flexibility index (Phi) is 4.02. The SMILES string of the molecule is CC=C(O[SiH]=[N+]=N)C(=O)O. The average molecular weight is 159 g/mol. The lowest BCUT2D eigenvalue weighted by Crippen LogP contribution is -2.04. The molecule has 0 bridgehead atoms. The third-order valence-corrected chi connectivity index (χ3v) is 1.17. The topological polar surface area (TPSA) is 84.5 Å². The zero-order chi connectivity index (χ0) is 7.98. The molecule has 0 aliphatic carbocycles. The summed E-state index contributed by atoms with van der Waals surface area (Å²) in [6.45, 7) is 1.55. The fraction of sp³-hybridized carbons (Fsp3) is 0.250. The number of carboxylic acid groups (broad SMARTS) is 1. The molecule has 0 aromatic heterocycles. The molecule has 5 nitrogen and oxygen atoms in total. The van der Waals surface area contributed by atoms with E-state index in [1.54, 1.807) is 6.92 Å². The predicted molar refractivity (Wildman–Crippen MR) is 34.5 cm³/mol. The third kappa shape index (κ3) is 2.90. The van der Waals surface area contributed by atoms with E-state index in [2.05, 4.69) is 8.86 Å². The summed E-state index contributed by atoms with van der Waals surface area (Å²) in [5.41, 5.74) is 6.33. The van der Waals surface area contributed by atoms with Gasteiger partial charge in [-0.25, -0.2) is 4.79 Å². The predicted octanol–water partition coefficient (Wildman–Crippen LogP) is -0.375. The van der Waals surface area contributed by atoms with Gasteiger partial charge >= 0.3 is 15.5 Å². The number of aliphatic carboxylic acids is 1. The lowest BCUT2D eigenvalue weighted by molar-refractivity contribution is -0.135. The Bertz CT molecular complexity index is 207. The van der Waals surface area contributed by atoms with E-state index in [4.69, 9.17) is 10.6 Å². The van der Waals surface area contributed by atoms with E-state index < -0.39 is 15.5 Å². The molecule has 0 unspecified atom stereocenters. The summed E-state index contributed by atoms with van der Waals surface area (Å²) in [7, 11) is -0.900. The summed E-state index contributed by atoms with van der Waals surface area (Å²) in [6, 6.07) is 0. The van der Waals surface area contributed by atoms with E-state index in [9.17, 15) is 4.79 Å². The van der Waals surface area contributed by atoms with Crippen LogP contribution in [0.2, 0.25) is 0 Å².